The molecule has 0 aliphatic rings. The third-order valence-corrected chi connectivity index (χ3v) is 4.51. The summed E-state index contributed by atoms with van der Waals surface area (Å²) in [5.41, 5.74) is 2.92. The standard InChI is InChI=1S/C22H26N2OS/c1-6-13-23-21(26)19(24-14-7-8-16(2)15-24)20(25)17-9-11-18(12-10-17)22(3,4)5/h6-12,14-15,19H,1,13H2,2-5H3/t19-/m1/s1. The van der Waals surface area contributed by atoms with Gasteiger partial charge in [0.15, 0.2) is 12.4 Å². The Kier molecular flexibility index (Phi) is 6.43. The highest BCUT2D eigenvalue weighted by Crippen LogP contribution is 2.23. The smallest absolute Gasteiger partial charge is 0.237 e. The summed E-state index contributed by atoms with van der Waals surface area (Å²) >= 11 is 5.47. The van der Waals surface area contributed by atoms with Crippen LogP contribution in [0.5, 0.6) is 0 Å². The van der Waals surface area contributed by atoms with Crippen molar-refractivity contribution < 1.29 is 9.36 Å². The van der Waals surface area contributed by atoms with E-state index in [1.165, 1.54) is 5.56 Å². The molecule has 4 heteroatoms. The van der Waals surface area contributed by atoms with Gasteiger partial charge in [0.25, 0.3) is 0 Å². The molecule has 0 aliphatic carbocycles. The van der Waals surface area contributed by atoms with Crippen LogP contribution >= 0.6 is 0 Å². The molecular weight excluding hydrogens is 340 g/mol. The zero-order valence-corrected chi connectivity index (χ0v) is 16.7. The molecule has 0 N–H and O–H groups in total. The van der Waals surface area contributed by atoms with E-state index < -0.39 is 6.04 Å². The van der Waals surface area contributed by atoms with E-state index in [9.17, 15) is 4.79 Å². The quantitative estimate of drug-likeness (QED) is 0.192. The van der Waals surface area contributed by atoms with Crippen LogP contribution in [0.25, 0.3) is 0 Å². The summed E-state index contributed by atoms with van der Waals surface area (Å²) in [6.07, 6.45) is 5.45. The van der Waals surface area contributed by atoms with E-state index in [2.05, 4.69) is 32.3 Å². The number of nitrogens with zero attached hydrogens (tertiary/aromatic N) is 2. The molecule has 0 fully saturated rings. The van der Waals surface area contributed by atoms with Gasteiger partial charge < -0.3 is 17.6 Å². The Balaban J connectivity index is 2.44. The first-order valence-electron chi connectivity index (χ1n) is 8.68. The molecule has 26 heavy (non-hydrogen) atoms. The van der Waals surface area contributed by atoms with Gasteiger partial charge in [-0.25, -0.2) is 0 Å². The fourth-order valence-electron chi connectivity index (χ4n) is 2.68. The van der Waals surface area contributed by atoms with Crippen LogP contribution in [-0.2, 0) is 18.0 Å². The molecule has 2 aromatic rings. The number of Topliss-reactive ketones (excluding diaryl/α,β-unsaturated/α-hetero) is 1. The number of aryl methyl sites for hydroxylation is 1. The summed E-state index contributed by atoms with van der Waals surface area (Å²) < 4.78 is 1.84. The SMILES string of the molecule is C=CCN=C([S-])[C@@H](C(=O)c1ccc(C(C)(C)C)cc1)[n+]1cccc(C)c1. The van der Waals surface area contributed by atoms with E-state index in [0.717, 1.165) is 5.56 Å². The van der Waals surface area contributed by atoms with Crippen LogP contribution in [0, 0.1) is 6.92 Å². The van der Waals surface area contributed by atoms with Gasteiger partial charge >= 0.3 is 0 Å². The Morgan fingerprint density at radius 2 is 1.92 bits per heavy atom. The molecule has 1 aromatic heterocycles. The van der Waals surface area contributed by atoms with Crippen LogP contribution in [0.1, 0.15) is 48.3 Å². The average Bonchev–Trinajstić information content (AvgIpc) is 2.59. The van der Waals surface area contributed by atoms with Gasteiger partial charge in [0, 0.05) is 17.2 Å². The summed E-state index contributed by atoms with van der Waals surface area (Å²) in [5, 5.41) is 0.366. The Bertz CT molecular complexity index is 817. The van der Waals surface area contributed by atoms with Crippen LogP contribution in [0.4, 0.5) is 0 Å². The maximum atomic E-state index is 13.2. The highest BCUT2D eigenvalue weighted by molar-refractivity contribution is 7.77. The highest BCUT2D eigenvalue weighted by atomic mass is 32.1. The number of hydrogen-bond acceptors (Lipinski definition) is 3. The molecule has 2 rings (SSSR count). The molecule has 0 bridgehead atoms. The lowest BCUT2D eigenvalue weighted by molar-refractivity contribution is -0.692. The predicted octanol–water partition coefficient (Wildman–Crippen LogP) is 4.14. The topological polar surface area (TPSA) is 33.3 Å². The first-order valence-corrected chi connectivity index (χ1v) is 9.09. The monoisotopic (exact) mass is 366 g/mol. The van der Waals surface area contributed by atoms with Gasteiger partial charge in [0.05, 0.1) is 6.54 Å². The summed E-state index contributed by atoms with van der Waals surface area (Å²) in [6.45, 7) is 12.5. The lowest BCUT2D eigenvalue weighted by atomic mass is 9.86. The van der Waals surface area contributed by atoms with Gasteiger partial charge in [0.1, 0.15) is 0 Å². The summed E-state index contributed by atoms with van der Waals surface area (Å²) in [4.78, 5) is 17.6. The largest absolute Gasteiger partial charge is 0.758 e. The molecule has 1 aromatic carbocycles. The molecule has 1 atom stereocenters. The molecule has 3 nitrogen and oxygen atoms in total. The second-order valence-electron chi connectivity index (χ2n) is 7.39. The Labute approximate surface area is 161 Å². The van der Waals surface area contributed by atoms with Gasteiger partial charge in [-0.15, -0.1) is 6.58 Å². The van der Waals surface area contributed by atoms with E-state index >= 15 is 0 Å². The lowest BCUT2D eigenvalue weighted by Crippen LogP contribution is -2.48. The first-order chi connectivity index (χ1) is 12.2. The van der Waals surface area contributed by atoms with Crippen LogP contribution < -0.4 is 4.57 Å². The Hall–Kier alpha value is -2.33. The number of carbonyl (C=O) groups is 1. The molecular formula is C22H26N2OS. The van der Waals surface area contributed by atoms with Crippen molar-refractivity contribution in [3.05, 3.63) is 78.1 Å². The second-order valence-corrected chi connectivity index (χ2v) is 7.81. The van der Waals surface area contributed by atoms with Gasteiger partial charge in [-0.05, 0) is 29.0 Å². The maximum Gasteiger partial charge on any atom is 0.237 e. The third kappa shape index (κ3) is 4.85. The molecule has 0 radical (unpaired) electrons. The number of ketones is 1. The van der Waals surface area contributed by atoms with Crippen LogP contribution in [-0.4, -0.2) is 17.4 Å². The van der Waals surface area contributed by atoms with E-state index in [1.54, 1.807) is 6.08 Å². The Morgan fingerprint density at radius 3 is 2.46 bits per heavy atom. The van der Waals surface area contributed by atoms with Crippen molar-refractivity contribution in [2.75, 3.05) is 6.54 Å². The van der Waals surface area contributed by atoms with Gasteiger partial charge in [-0.2, -0.15) is 4.57 Å². The number of carbonyl (C=O) groups excluding carboxylic acids is 1. The van der Waals surface area contributed by atoms with E-state index in [-0.39, 0.29) is 11.2 Å². The van der Waals surface area contributed by atoms with E-state index in [4.69, 9.17) is 12.6 Å². The predicted molar refractivity (Wildman–Crippen MR) is 110 cm³/mol. The molecule has 0 aliphatic heterocycles. The van der Waals surface area contributed by atoms with Crippen molar-refractivity contribution in [2.45, 2.75) is 39.2 Å². The molecule has 0 saturated carbocycles. The average molecular weight is 367 g/mol. The summed E-state index contributed by atoms with van der Waals surface area (Å²) in [5.74, 6) is -0.0566. The second kappa shape index (κ2) is 8.37. The number of benzene rings is 1. The minimum atomic E-state index is -0.634. The summed E-state index contributed by atoms with van der Waals surface area (Å²) in [7, 11) is 0. The van der Waals surface area contributed by atoms with E-state index in [1.807, 2.05) is 60.3 Å². The third-order valence-electron chi connectivity index (χ3n) is 4.16. The molecule has 0 unspecified atom stereocenters. The van der Waals surface area contributed by atoms with Crippen molar-refractivity contribution in [3.8, 4) is 0 Å². The van der Waals surface area contributed by atoms with Crippen LogP contribution in [0.3, 0.4) is 0 Å². The highest BCUT2D eigenvalue weighted by Gasteiger charge is 2.28. The van der Waals surface area contributed by atoms with Crippen molar-refractivity contribution in [3.63, 3.8) is 0 Å². The molecule has 136 valence electrons. The van der Waals surface area contributed by atoms with Crippen molar-refractivity contribution in [2.24, 2.45) is 4.99 Å². The van der Waals surface area contributed by atoms with Crippen LogP contribution in [0.15, 0.2) is 66.4 Å². The Morgan fingerprint density at radius 1 is 1.27 bits per heavy atom. The van der Waals surface area contributed by atoms with Crippen molar-refractivity contribution in [1.29, 1.82) is 0 Å². The number of rotatable bonds is 6. The van der Waals surface area contributed by atoms with Gasteiger partial charge in [0.2, 0.25) is 11.8 Å². The number of aromatic nitrogens is 1. The van der Waals surface area contributed by atoms with Gasteiger partial charge in [-0.1, -0.05) is 51.1 Å². The fourth-order valence-corrected chi connectivity index (χ4v) is 2.99. The van der Waals surface area contributed by atoms with Gasteiger partial charge in [-0.3, -0.25) is 4.79 Å². The fraction of sp³-hybridized carbons (Fsp3) is 0.318. The lowest BCUT2D eigenvalue weighted by Gasteiger charge is -2.21. The van der Waals surface area contributed by atoms with Crippen molar-refractivity contribution in [1.82, 2.24) is 0 Å². The zero-order chi connectivity index (χ0) is 19.3. The normalized spacial score (nSPS) is 13.3. The molecule has 0 amide bonds. The van der Waals surface area contributed by atoms with Crippen molar-refractivity contribution >= 4 is 23.5 Å². The molecule has 0 spiro atoms. The zero-order valence-electron chi connectivity index (χ0n) is 15.9. The minimum absolute atomic E-state index is 0.0425. The number of hydrogen-bond donors (Lipinski definition) is 0. The molecule has 0 saturated heterocycles. The van der Waals surface area contributed by atoms with E-state index in [0.29, 0.717) is 17.2 Å². The molecule has 1 heterocycles. The first kappa shape index (κ1) is 20.0. The van der Waals surface area contributed by atoms with Crippen LogP contribution in [0.2, 0.25) is 0 Å². The number of pyridine rings is 1. The summed E-state index contributed by atoms with van der Waals surface area (Å²) in [6, 6.07) is 11.0. The number of aliphatic imine (C=N–C) groups is 1. The minimum Gasteiger partial charge on any atom is -0.758 e. The maximum absolute atomic E-state index is 13.2.